The lowest BCUT2D eigenvalue weighted by Gasteiger charge is -2.36. The van der Waals surface area contributed by atoms with Gasteiger partial charge in [-0.25, -0.2) is 9.40 Å². The van der Waals surface area contributed by atoms with Gasteiger partial charge in [0.25, 0.3) is 17.4 Å². The largest absolute Gasteiger partial charge is 0.463 e. The predicted molar refractivity (Wildman–Crippen MR) is 130 cm³/mol. The van der Waals surface area contributed by atoms with Crippen molar-refractivity contribution in [2.75, 3.05) is 19.6 Å². The molecule has 0 aromatic heterocycles. The molecule has 7 atom stereocenters. The van der Waals surface area contributed by atoms with E-state index < -0.39 is 89.1 Å². The summed E-state index contributed by atoms with van der Waals surface area (Å²) < 4.78 is 79.6. The smallest absolute Gasteiger partial charge is 0.356 e. The highest BCUT2D eigenvalue weighted by molar-refractivity contribution is 6.29. The fraction of sp³-hybridized carbons (Fsp3) is 0.792. The summed E-state index contributed by atoms with van der Waals surface area (Å²) in [6.45, 7) is 6.25. The van der Waals surface area contributed by atoms with E-state index >= 15 is 0 Å². The first-order chi connectivity index (χ1) is 18.8. The summed E-state index contributed by atoms with van der Waals surface area (Å²) in [5, 5.41) is 4.60. The zero-order chi connectivity index (χ0) is 31.2. The maximum Gasteiger partial charge on any atom is 0.463 e. The molecule has 3 fully saturated rings. The molecule has 0 aromatic carbocycles. The summed E-state index contributed by atoms with van der Waals surface area (Å²) in [7, 11) is 0. The molecule has 0 bridgehead atoms. The number of amides is 5. The third kappa shape index (κ3) is 6.21. The van der Waals surface area contributed by atoms with E-state index in [9.17, 15) is 50.3 Å². The summed E-state index contributed by atoms with van der Waals surface area (Å²) in [4.78, 5) is 64.5. The summed E-state index contributed by atoms with van der Waals surface area (Å²) in [5.74, 6) is -14.8. The number of hydrazine groups is 1. The molecule has 0 unspecified atom stereocenters. The van der Waals surface area contributed by atoms with Gasteiger partial charge in [-0.1, -0.05) is 45.7 Å². The molecule has 41 heavy (non-hydrogen) atoms. The number of fused-ring (bicyclic) bond motifs is 1. The molecule has 10 nitrogen and oxygen atoms in total. The summed E-state index contributed by atoms with van der Waals surface area (Å²) in [6.07, 6.45) is -5.83. The van der Waals surface area contributed by atoms with Crippen LogP contribution in [0.15, 0.2) is 0 Å². The standard InChI is InChI=1S/C24H32ClF6N5O5/c1-5-10(2)14(33-21(41)23(27,28)24(29,30)31)19(39)35-9-12-13(22(12,3)4)15(35)18(38)34-36(20(40)16(25)26)8-11-6-7-32-17(11)37/h10-16H,5-9H2,1-4H3,(H,32,37)(H,33,41)(H,34,38)/t10-,11-,12-,13-,14-,15-,16-/m0/s1. The summed E-state index contributed by atoms with van der Waals surface area (Å²) in [5.41, 5.74) is -0.846. The quantitative estimate of drug-likeness (QED) is 0.206. The predicted octanol–water partition coefficient (Wildman–Crippen LogP) is 1.73. The van der Waals surface area contributed by atoms with Gasteiger partial charge in [0.1, 0.15) is 12.1 Å². The molecule has 232 valence electrons. The first-order valence-electron chi connectivity index (χ1n) is 13.0. The van der Waals surface area contributed by atoms with Crippen LogP contribution in [0.2, 0.25) is 0 Å². The minimum Gasteiger partial charge on any atom is -0.356 e. The second-order valence-corrected chi connectivity index (χ2v) is 11.7. The number of likely N-dealkylation sites (tertiary alicyclic amines) is 1. The van der Waals surface area contributed by atoms with E-state index in [0.29, 0.717) is 11.6 Å². The van der Waals surface area contributed by atoms with Gasteiger partial charge in [-0.15, -0.1) is 0 Å². The van der Waals surface area contributed by atoms with Crippen molar-refractivity contribution in [3.63, 3.8) is 0 Å². The van der Waals surface area contributed by atoms with E-state index in [2.05, 4.69) is 10.7 Å². The highest BCUT2D eigenvalue weighted by Gasteiger charge is 2.70. The number of hydrogen-bond donors (Lipinski definition) is 3. The van der Waals surface area contributed by atoms with Gasteiger partial charge >= 0.3 is 18.0 Å². The first kappa shape index (κ1) is 32.7. The molecular formula is C24H32ClF6N5O5. The van der Waals surface area contributed by atoms with Crippen LogP contribution in [0.1, 0.15) is 40.5 Å². The molecule has 0 radical (unpaired) electrons. The SMILES string of the molecule is CC[C@H](C)[C@H](NC(=O)C(F)(F)C(F)(F)F)C(=O)N1C[C@H]2[C@@H]([C@H]1C(=O)NN(C[C@@H]1CCNC1=O)C(=O)[C@H](F)Cl)C2(C)C. The Bertz CT molecular complexity index is 1090. The number of alkyl halides is 7. The molecule has 2 heterocycles. The molecule has 3 aliphatic rings. The van der Waals surface area contributed by atoms with Crippen LogP contribution >= 0.6 is 11.6 Å². The van der Waals surface area contributed by atoms with Crippen molar-refractivity contribution < 1.29 is 50.3 Å². The van der Waals surface area contributed by atoms with Gasteiger partial charge in [-0.2, -0.15) is 22.0 Å². The van der Waals surface area contributed by atoms with Gasteiger partial charge in [0.2, 0.25) is 11.8 Å². The Balaban J connectivity index is 1.88. The summed E-state index contributed by atoms with van der Waals surface area (Å²) >= 11 is 5.30. The Morgan fingerprint density at radius 3 is 2.29 bits per heavy atom. The number of nitrogens with one attached hydrogen (secondary N) is 3. The highest BCUT2D eigenvalue weighted by atomic mass is 35.5. The normalized spacial score (nSPS) is 27.3. The molecule has 1 aliphatic carbocycles. The van der Waals surface area contributed by atoms with Crippen LogP contribution in [0, 0.1) is 29.1 Å². The van der Waals surface area contributed by atoms with E-state index in [4.69, 9.17) is 11.6 Å². The number of carbonyl (C=O) groups excluding carboxylic acids is 5. The minimum atomic E-state index is -6.20. The van der Waals surface area contributed by atoms with Crippen LogP contribution in [0.5, 0.6) is 0 Å². The van der Waals surface area contributed by atoms with Crippen LogP contribution in [0.3, 0.4) is 0 Å². The number of nitrogens with zero attached hydrogens (tertiary/aromatic N) is 2. The average Bonchev–Trinajstić information content (AvgIpc) is 3.22. The number of rotatable bonds is 9. The van der Waals surface area contributed by atoms with Crippen molar-refractivity contribution in [2.24, 2.45) is 29.1 Å². The Labute approximate surface area is 236 Å². The summed E-state index contributed by atoms with van der Waals surface area (Å²) in [6, 6.07) is -3.19. The highest BCUT2D eigenvalue weighted by Crippen LogP contribution is 2.65. The van der Waals surface area contributed by atoms with Crippen molar-refractivity contribution in [2.45, 2.75) is 70.3 Å². The first-order valence-corrected chi connectivity index (χ1v) is 13.4. The Morgan fingerprint density at radius 1 is 1.20 bits per heavy atom. The van der Waals surface area contributed by atoms with E-state index in [1.54, 1.807) is 13.8 Å². The van der Waals surface area contributed by atoms with Crippen LogP contribution in [-0.2, 0) is 24.0 Å². The lowest BCUT2D eigenvalue weighted by molar-refractivity contribution is -0.270. The lowest BCUT2D eigenvalue weighted by atomic mass is 9.95. The number of piperidine rings is 1. The van der Waals surface area contributed by atoms with Crippen molar-refractivity contribution >= 4 is 41.1 Å². The lowest BCUT2D eigenvalue weighted by Crippen LogP contribution is -2.62. The number of hydrogen-bond acceptors (Lipinski definition) is 5. The number of carbonyl (C=O) groups is 5. The molecule has 3 rings (SSSR count). The molecular weight excluding hydrogens is 588 g/mol. The Kier molecular flexibility index (Phi) is 9.16. The maximum atomic E-state index is 13.8. The second kappa shape index (κ2) is 11.5. The third-order valence-corrected chi connectivity index (χ3v) is 8.62. The zero-order valence-corrected chi connectivity index (χ0v) is 23.4. The van der Waals surface area contributed by atoms with Crippen LogP contribution in [-0.4, -0.2) is 88.9 Å². The Hall–Kier alpha value is -2.78. The molecule has 2 saturated heterocycles. The molecule has 3 N–H and O–H groups in total. The molecule has 17 heteroatoms. The fourth-order valence-electron chi connectivity index (χ4n) is 5.58. The van der Waals surface area contributed by atoms with Crippen LogP contribution in [0.4, 0.5) is 26.3 Å². The van der Waals surface area contributed by atoms with E-state index in [-0.39, 0.29) is 25.3 Å². The minimum absolute atomic E-state index is 0.0900. The van der Waals surface area contributed by atoms with E-state index in [1.165, 1.54) is 19.2 Å². The maximum absolute atomic E-state index is 13.8. The van der Waals surface area contributed by atoms with Gasteiger partial charge in [0, 0.05) is 13.1 Å². The zero-order valence-electron chi connectivity index (χ0n) is 22.7. The molecule has 2 aliphatic heterocycles. The van der Waals surface area contributed by atoms with E-state index in [1.807, 2.05) is 0 Å². The average molecular weight is 620 g/mol. The molecule has 0 aromatic rings. The molecule has 5 amide bonds. The van der Waals surface area contributed by atoms with Crippen molar-refractivity contribution in [3.8, 4) is 0 Å². The van der Waals surface area contributed by atoms with Crippen LogP contribution in [0.25, 0.3) is 0 Å². The van der Waals surface area contributed by atoms with Gasteiger partial charge in [0.15, 0.2) is 0 Å². The van der Waals surface area contributed by atoms with Gasteiger partial charge in [0.05, 0.1) is 12.5 Å². The molecule has 0 spiro atoms. The van der Waals surface area contributed by atoms with Crippen molar-refractivity contribution in [1.29, 1.82) is 0 Å². The molecule has 1 saturated carbocycles. The van der Waals surface area contributed by atoms with Crippen molar-refractivity contribution in [3.05, 3.63) is 0 Å². The van der Waals surface area contributed by atoms with Gasteiger partial charge in [-0.3, -0.25) is 29.4 Å². The van der Waals surface area contributed by atoms with Crippen molar-refractivity contribution in [1.82, 2.24) is 26.0 Å². The topological polar surface area (TPSA) is 128 Å². The third-order valence-electron chi connectivity index (χ3n) is 8.43. The van der Waals surface area contributed by atoms with Gasteiger partial charge in [-0.05, 0) is 29.6 Å². The van der Waals surface area contributed by atoms with E-state index in [0.717, 1.165) is 4.90 Å². The second-order valence-electron chi connectivity index (χ2n) is 11.3. The fourth-order valence-corrected chi connectivity index (χ4v) is 5.70. The van der Waals surface area contributed by atoms with Crippen LogP contribution < -0.4 is 16.1 Å². The van der Waals surface area contributed by atoms with Gasteiger partial charge < -0.3 is 15.5 Å². The Morgan fingerprint density at radius 2 is 1.80 bits per heavy atom. The number of halogens is 7. The monoisotopic (exact) mass is 619 g/mol.